The summed E-state index contributed by atoms with van der Waals surface area (Å²) < 4.78 is 0. The van der Waals surface area contributed by atoms with Crippen molar-refractivity contribution in [1.82, 2.24) is 9.97 Å². The van der Waals surface area contributed by atoms with Crippen LogP contribution in [0.4, 0.5) is 10.5 Å². The molecule has 0 spiro atoms. The first kappa shape index (κ1) is 9.26. The molecule has 2 aromatic rings. The SMILES string of the molecule is O=C(O)Nc1cccc(-c2ncc[nH]2)c1. The summed E-state index contributed by atoms with van der Waals surface area (Å²) in [7, 11) is 0. The standard InChI is InChI=1S/C10H9N3O2/c14-10(15)13-8-3-1-2-7(6-8)9-11-4-5-12-9/h1-6,13H,(H,11,12)(H,14,15). The van der Waals surface area contributed by atoms with Crippen molar-refractivity contribution in [1.29, 1.82) is 0 Å². The number of aromatic nitrogens is 2. The van der Waals surface area contributed by atoms with E-state index in [0.29, 0.717) is 11.5 Å². The monoisotopic (exact) mass is 203 g/mol. The van der Waals surface area contributed by atoms with Crippen LogP contribution in [0.3, 0.4) is 0 Å². The van der Waals surface area contributed by atoms with E-state index in [9.17, 15) is 4.79 Å². The van der Waals surface area contributed by atoms with Crippen LogP contribution in [-0.2, 0) is 0 Å². The number of hydrogen-bond donors (Lipinski definition) is 3. The fraction of sp³-hybridized carbons (Fsp3) is 0. The summed E-state index contributed by atoms with van der Waals surface area (Å²) in [5.74, 6) is 0.712. The van der Waals surface area contributed by atoms with Crippen molar-refractivity contribution in [2.45, 2.75) is 0 Å². The van der Waals surface area contributed by atoms with Gasteiger partial charge in [0.15, 0.2) is 0 Å². The number of H-pyrrole nitrogens is 1. The van der Waals surface area contributed by atoms with E-state index in [2.05, 4.69) is 15.3 Å². The molecule has 1 aromatic carbocycles. The van der Waals surface area contributed by atoms with Crippen molar-refractivity contribution in [3.05, 3.63) is 36.7 Å². The summed E-state index contributed by atoms with van der Waals surface area (Å²) in [4.78, 5) is 17.5. The Balaban J connectivity index is 2.31. The molecule has 0 saturated heterocycles. The van der Waals surface area contributed by atoms with Gasteiger partial charge in [0, 0.05) is 23.6 Å². The van der Waals surface area contributed by atoms with E-state index < -0.39 is 6.09 Å². The van der Waals surface area contributed by atoms with Gasteiger partial charge < -0.3 is 10.1 Å². The molecule has 15 heavy (non-hydrogen) atoms. The Morgan fingerprint density at radius 3 is 3.00 bits per heavy atom. The van der Waals surface area contributed by atoms with E-state index in [1.165, 1.54) is 0 Å². The van der Waals surface area contributed by atoms with Gasteiger partial charge in [-0.1, -0.05) is 12.1 Å². The summed E-state index contributed by atoms with van der Waals surface area (Å²) in [5, 5.41) is 10.8. The number of aromatic amines is 1. The molecule has 0 aliphatic rings. The quantitative estimate of drug-likeness (QED) is 0.699. The van der Waals surface area contributed by atoms with Crippen LogP contribution >= 0.6 is 0 Å². The van der Waals surface area contributed by atoms with Crippen LogP contribution in [-0.4, -0.2) is 21.2 Å². The fourth-order valence-corrected chi connectivity index (χ4v) is 1.29. The van der Waals surface area contributed by atoms with Crippen LogP contribution in [0.15, 0.2) is 36.7 Å². The van der Waals surface area contributed by atoms with Gasteiger partial charge in [-0.3, -0.25) is 5.32 Å². The molecule has 3 N–H and O–H groups in total. The Hall–Kier alpha value is -2.30. The van der Waals surface area contributed by atoms with Gasteiger partial charge in [0.25, 0.3) is 0 Å². The zero-order valence-electron chi connectivity index (χ0n) is 7.77. The Morgan fingerprint density at radius 1 is 1.47 bits per heavy atom. The molecule has 0 radical (unpaired) electrons. The molecule has 0 saturated carbocycles. The molecule has 5 nitrogen and oxygen atoms in total. The molecule has 76 valence electrons. The minimum Gasteiger partial charge on any atom is -0.465 e. The van der Waals surface area contributed by atoms with Gasteiger partial charge in [0.2, 0.25) is 0 Å². The lowest BCUT2D eigenvalue weighted by atomic mass is 10.2. The second-order valence-corrected chi connectivity index (χ2v) is 2.95. The normalized spacial score (nSPS) is 9.87. The van der Waals surface area contributed by atoms with Gasteiger partial charge in [0.05, 0.1) is 0 Å². The first-order valence-corrected chi connectivity index (χ1v) is 4.35. The van der Waals surface area contributed by atoms with E-state index >= 15 is 0 Å². The second-order valence-electron chi connectivity index (χ2n) is 2.95. The molecule has 0 atom stereocenters. The molecule has 0 aliphatic heterocycles. The second kappa shape index (κ2) is 3.83. The van der Waals surface area contributed by atoms with Gasteiger partial charge in [-0.2, -0.15) is 0 Å². The maximum Gasteiger partial charge on any atom is 0.409 e. The molecule has 0 aliphatic carbocycles. The highest BCUT2D eigenvalue weighted by Gasteiger charge is 2.02. The van der Waals surface area contributed by atoms with E-state index in [1.807, 2.05) is 6.07 Å². The summed E-state index contributed by atoms with van der Waals surface area (Å²) in [6.07, 6.45) is 2.28. The Morgan fingerprint density at radius 2 is 2.33 bits per heavy atom. The lowest BCUT2D eigenvalue weighted by molar-refractivity contribution is 0.210. The molecular formula is C10H9N3O2. The van der Waals surface area contributed by atoms with Gasteiger partial charge in [-0.15, -0.1) is 0 Å². The van der Waals surface area contributed by atoms with Crippen LogP contribution < -0.4 is 5.32 Å². The predicted molar refractivity (Wildman–Crippen MR) is 55.7 cm³/mol. The molecule has 1 heterocycles. The summed E-state index contributed by atoms with van der Waals surface area (Å²) in [6.45, 7) is 0. The molecule has 0 bridgehead atoms. The van der Waals surface area contributed by atoms with Crippen LogP contribution in [0.2, 0.25) is 0 Å². The number of amides is 1. The number of carboxylic acid groups (broad SMARTS) is 1. The molecular weight excluding hydrogens is 194 g/mol. The van der Waals surface area contributed by atoms with Gasteiger partial charge >= 0.3 is 6.09 Å². The number of benzene rings is 1. The predicted octanol–water partition coefficient (Wildman–Crippen LogP) is 2.17. The number of hydrogen-bond acceptors (Lipinski definition) is 2. The number of imidazole rings is 1. The van der Waals surface area contributed by atoms with E-state index in [0.717, 1.165) is 5.56 Å². The van der Waals surface area contributed by atoms with Crippen molar-refractivity contribution in [3.8, 4) is 11.4 Å². The Labute approximate surface area is 85.8 Å². The number of carbonyl (C=O) groups is 1. The maximum atomic E-state index is 10.4. The van der Waals surface area contributed by atoms with Crippen molar-refractivity contribution in [3.63, 3.8) is 0 Å². The fourth-order valence-electron chi connectivity index (χ4n) is 1.29. The summed E-state index contributed by atoms with van der Waals surface area (Å²) >= 11 is 0. The molecule has 0 fully saturated rings. The van der Waals surface area contributed by atoms with Gasteiger partial charge in [0.1, 0.15) is 5.82 Å². The molecule has 1 aromatic heterocycles. The van der Waals surface area contributed by atoms with E-state index in [4.69, 9.17) is 5.11 Å². The van der Waals surface area contributed by atoms with Crippen LogP contribution in [0.25, 0.3) is 11.4 Å². The zero-order chi connectivity index (χ0) is 10.7. The lowest BCUT2D eigenvalue weighted by Crippen LogP contribution is -2.06. The van der Waals surface area contributed by atoms with Crippen LogP contribution in [0.5, 0.6) is 0 Å². The van der Waals surface area contributed by atoms with Gasteiger partial charge in [-0.25, -0.2) is 9.78 Å². The van der Waals surface area contributed by atoms with E-state index in [1.54, 1.807) is 30.6 Å². The third-order valence-electron chi connectivity index (χ3n) is 1.89. The van der Waals surface area contributed by atoms with Crippen LogP contribution in [0.1, 0.15) is 0 Å². The molecule has 2 rings (SSSR count). The Kier molecular flexibility index (Phi) is 2.37. The molecule has 1 amide bonds. The zero-order valence-corrected chi connectivity index (χ0v) is 7.77. The largest absolute Gasteiger partial charge is 0.465 e. The third kappa shape index (κ3) is 2.14. The molecule has 0 unspecified atom stereocenters. The minimum atomic E-state index is -1.08. The highest BCUT2D eigenvalue weighted by atomic mass is 16.4. The smallest absolute Gasteiger partial charge is 0.409 e. The average molecular weight is 203 g/mol. The number of rotatable bonds is 2. The molecule has 5 heteroatoms. The summed E-state index contributed by atoms with van der Waals surface area (Å²) in [5.41, 5.74) is 1.36. The van der Waals surface area contributed by atoms with Crippen molar-refractivity contribution >= 4 is 11.8 Å². The number of anilines is 1. The summed E-state index contributed by atoms with van der Waals surface area (Å²) in [6, 6.07) is 7.02. The van der Waals surface area contributed by atoms with Crippen molar-refractivity contribution in [2.24, 2.45) is 0 Å². The van der Waals surface area contributed by atoms with E-state index in [-0.39, 0.29) is 0 Å². The highest BCUT2D eigenvalue weighted by Crippen LogP contribution is 2.18. The Bertz CT molecular complexity index is 465. The van der Waals surface area contributed by atoms with Crippen LogP contribution in [0, 0.1) is 0 Å². The topological polar surface area (TPSA) is 78.0 Å². The van der Waals surface area contributed by atoms with Crippen molar-refractivity contribution in [2.75, 3.05) is 5.32 Å². The first-order valence-electron chi connectivity index (χ1n) is 4.35. The maximum absolute atomic E-state index is 10.4. The minimum absolute atomic E-state index is 0.524. The number of nitrogens with zero attached hydrogens (tertiary/aromatic N) is 1. The third-order valence-corrected chi connectivity index (χ3v) is 1.89. The van der Waals surface area contributed by atoms with Gasteiger partial charge in [-0.05, 0) is 12.1 Å². The number of nitrogens with one attached hydrogen (secondary N) is 2. The lowest BCUT2D eigenvalue weighted by Gasteiger charge is -2.02. The highest BCUT2D eigenvalue weighted by molar-refractivity contribution is 5.83. The first-order chi connectivity index (χ1) is 7.25. The van der Waals surface area contributed by atoms with Crippen molar-refractivity contribution < 1.29 is 9.90 Å². The average Bonchev–Trinajstić information content (AvgIpc) is 2.69.